The van der Waals surface area contributed by atoms with Crippen LogP contribution in [0.5, 0.6) is 0 Å². The number of carbonyl (C=O) groups is 3. The van der Waals surface area contributed by atoms with E-state index in [1.807, 2.05) is 37.3 Å². The normalized spacial score (nSPS) is 20.2. The van der Waals surface area contributed by atoms with Gasteiger partial charge in [0.1, 0.15) is 5.66 Å². The Morgan fingerprint density at radius 1 is 1.13 bits per heavy atom. The number of fused-ring (bicyclic) bond motifs is 3. The first kappa shape index (κ1) is 20.4. The molecular formula is C23H24ClN3O3. The Morgan fingerprint density at radius 3 is 2.67 bits per heavy atom. The average Bonchev–Trinajstić information content (AvgIpc) is 3.05. The van der Waals surface area contributed by atoms with E-state index in [1.54, 1.807) is 28.0 Å². The van der Waals surface area contributed by atoms with Crippen molar-refractivity contribution in [2.45, 2.75) is 44.8 Å². The van der Waals surface area contributed by atoms with Crippen LogP contribution in [0.2, 0.25) is 5.02 Å². The molecule has 7 heteroatoms. The van der Waals surface area contributed by atoms with Crippen molar-refractivity contribution in [1.29, 1.82) is 0 Å². The smallest absolute Gasteiger partial charge is 0.257 e. The van der Waals surface area contributed by atoms with Crippen molar-refractivity contribution in [3.8, 4) is 0 Å². The summed E-state index contributed by atoms with van der Waals surface area (Å²) in [6.45, 7) is 2.71. The molecule has 3 amide bonds. The maximum Gasteiger partial charge on any atom is 0.257 e. The molecule has 30 heavy (non-hydrogen) atoms. The maximum absolute atomic E-state index is 13.2. The Kier molecular flexibility index (Phi) is 5.52. The van der Waals surface area contributed by atoms with Crippen molar-refractivity contribution in [2.75, 3.05) is 11.4 Å². The summed E-state index contributed by atoms with van der Waals surface area (Å²) in [6.07, 6.45) is 1.80. The van der Waals surface area contributed by atoms with Crippen molar-refractivity contribution < 1.29 is 14.4 Å². The predicted molar refractivity (Wildman–Crippen MR) is 115 cm³/mol. The molecular weight excluding hydrogens is 402 g/mol. The minimum Gasteiger partial charge on any atom is -0.352 e. The minimum absolute atomic E-state index is 0.0277. The zero-order valence-electron chi connectivity index (χ0n) is 16.9. The van der Waals surface area contributed by atoms with Crippen LogP contribution >= 0.6 is 11.6 Å². The molecule has 1 unspecified atom stereocenters. The summed E-state index contributed by atoms with van der Waals surface area (Å²) < 4.78 is 0. The van der Waals surface area contributed by atoms with Gasteiger partial charge in [-0.15, -0.1) is 0 Å². The van der Waals surface area contributed by atoms with Gasteiger partial charge < -0.3 is 10.2 Å². The zero-order chi connectivity index (χ0) is 21.3. The van der Waals surface area contributed by atoms with Crippen LogP contribution in [0.4, 0.5) is 5.69 Å². The van der Waals surface area contributed by atoms with Crippen LogP contribution in [0.1, 0.15) is 48.5 Å². The van der Waals surface area contributed by atoms with Gasteiger partial charge in [0.15, 0.2) is 0 Å². The van der Waals surface area contributed by atoms with Crippen LogP contribution in [0.25, 0.3) is 0 Å². The summed E-state index contributed by atoms with van der Waals surface area (Å²) in [7, 11) is 0. The van der Waals surface area contributed by atoms with E-state index in [1.165, 1.54) is 0 Å². The number of rotatable bonds is 6. The lowest BCUT2D eigenvalue weighted by atomic mass is 9.98. The van der Waals surface area contributed by atoms with Gasteiger partial charge in [0.25, 0.3) is 5.91 Å². The van der Waals surface area contributed by atoms with Gasteiger partial charge in [-0.25, -0.2) is 0 Å². The van der Waals surface area contributed by atoms with E-state index >= 15 is 0 Å². The molecule has 0 spiro atoms. The van der Waals surface area contributed by atoms with Crippen LogP contribution < -0.4 is 10.2 Å². The maximum atomic E-state index is 13.2. The zero-order valence-corrected chi connectivity index (χ0v) is 17.6. The van der Waals surface area contributed by atoms with E-state index < -0.39 is 5.66 Å². The Morgan fingerprint density at radius 2 is 1.87 bits per heavy atom. The first-order valence-electron chi connectivity index (χ1n) is 10.2. The van der Waals surface area contributed by atoms with Gasteiger partial charge in [-0.05, 0) is 43.5 Å². The molecule has 156 valence electrons. The van der Waals surface area contributed by atoms with Gasteiger partial charge in [-0.2, -0.15) is 0 Å². The summed E-state index contributed by atoms with van der Waals surface area (Å²) in [5, 5.41) is 3.50. The van der Waals surface area contributed by atoms with Crippen molar-refractivity contribution in [1.82, 2.24) is 10.2 Å². The van der Waals surface area contributed by atoms with Gasteiger partial charge >= 0.3 is 0 Å². The molecule has 0 aromatic heterocycles. The summed E-state index contributed by atoms with van der Waals surface area (Å²) >= 11 is 6.12. The molecule has 1 saturated heterocycles. The number of amides is 3. The fourth-order valence-corrected chi connectivity index (χ4v) is 4.57. The molecule has 0 bridgehead atoms. The molecule has 1 N–H and O–H groups in total. The highest BCUT2D eigenvalue weighted by molar-refractivity contribution is 6.31. The third-order valence-electron chi connectivity index (χ3n) is 5.97. The molecule has 2 aromatic rings. The number of para-hydroxylation sites is 1. The highest BCUT2D eigenvalue weighted by Gasteiger charge is 2.52. The lowest BCUT2D eigenvalue weighted by Crippen LogP contribution is -2.62. The highest BCUT2D eigenvalue weighted by Crippen LogP contribution is 2.43. The van der Waals surface area contributed by atoms with Gasteiger partial charge in [0, 0.05) is 31.0 Å². The monoisotopic (exact) mass is 425 g/mol. The van der Waals surface area contributed by atoms with E-state index in [9.17, 15) is 14.4 Å². The minimum atomic E-state index is -0.684. The lowest BCUT2D eigenvalue weighted by molar-refractivity contribution is -0.121. The fourth-order valence-electron chi connectivity index (χ4n) is 4.36. The highest BCUT2D eigenvalue weighted by atomic mass is 35.5. The van der Waals surface area contributed by atoms with Crippen LogP contribution in [-0.2, 0) is 16.1 Å². The van der Waals surface area contributed by atoms with Crippen molar-refractivity contribution in [3.05, 3.63) is 64.7 Å². The molecule has 0 aliphatic carbocycles. The van der Waals surface area contributed by atoms with Crippen molar-refractivity contribution in [3.63, 3.8) is 0 Å². The topological polar surface area (TPSA) is 69.7 Å². The van der Waals surface area contributed by atoms with E-state index in [2.05, 4.69) is 5.32 Å². The Labute approximate surface area is 180 Å². The second-order valence-electron chi connectivity index (χ2n) is 7.89. The number of anilines is 1. The molecule has 2 aliphatic heterocycles. The van der Waals surface area contributed by atoms with Gasteiger partial charge in [-0.1, -0.05) is 41.9 Å². The second kappa shape index (κ2) is 8.11. The number of carbonyl (C=O) groups excluding carboxylic acids is 3. The fraction of sp³-hybridized carbons (Fsp3) is 0.348. The predicted octanol–water partition coefficient (Wildman–Crippen LogP) is 3.74. The van der Waals surface area contributed by atoms with E-state index in [0.29, 0.717) is 55.0 Å². The molecule has 0 radical (unpaired) electrons. The van der Waals surface area contributed by atoms with Crippen LogP contribution in [0.15, 0.2) is 48.5 Å². The number of halogens is 1. The van der Waals surface area contributed by atoms with Crippen LogP contribution in [0.3, 0.4) is 0 Å². The second-order valence-corrected chi connectivity index (χ2v) is 8.30. The Bertz CT molecular complexity index is 1010. The van der Waals surface area contributed by atoms with E-state index in [4.69, 9.17) is 11.6 Å². The number of hydrogen-bond acceptors (Lipinski definition) is 3. The van der Waals surface area contributed by atoms with Crippen molar-refractivity contribution >= 4 is 35.0 Å². The first-order valence-corrected chi connectivity index (χ1v) is 10.5. The Hall–Kier alpha value is -2.86. The SMILES string of the molecule is CC12CCC(=O)N1c1ccccc1C(=O)N2CCCC(=O)NCc1ccccc1Cl. The van der Waals surface area contributed by atoms with Gasteiger partial charge in [-0.3, -0.25) is 19.3 Å². The molecule has 6 nitrogen and oxygen atoms in total. The number of benzene rings is 2. The number of nitrogens with one attached hydrogen (secondary N) is 1. The summed E-state index contributed by atoms with van der Waals surface area (Å²) in [4.78, 5) is 41.5. The summed E-state index contributed by atoms with van der Waals surface area (Å²) in [5.41, 5.74) is 1.40. The van der Waals surface area contributed by atoms with Crippen LogP contribution in [0, 0.1) is 0 Å². The summed E-state index contributed by atoms with van der Waals surface area (Å²) in [5.74, 6) is -0.153. The number of nitrogens with zero attached hydrogens (tertiary/aromatic N) is 2. The molecule has 2 heterocycles. The molecule has 0 saturated carbocycles. The third-order valence-corrected chi connectivity index (χ3v) is 6.33. The third kappa shape index (κ3) is 3.56. The summed E-state index contributed by atoms with van der Waals surface area (Å²) in [6, 6.07) is 14.6. The first-order chi connectivity index (χ1) is 14.4. The largest absolute Gasteiger partial charge is 0.352 e. The molecule has 1 fully saturated rings. The lowest BCUT2D eigenvalue weighted by Gasteiger charge is -2.48. The molecule has 2 aromatic carbocycles. The van der Waals surface area contributed by atoms with E-state index in [0.717, 1.165) is 5.56 Å². The van der Waals surface area contributed by atoms with Gasteiger partial charge in [0.05, 0.1) is 11.3 Å². The van der Waals surface area contributed by atoms with Crippen LogP contribution in [-0.4, -0.2) is 34.8 Å². The molecule has 4 rings (SSSR count). The van der Waals surface area contributed by atoms with Gasteiger partial charge in [0.2, 0.25) is 11.8 Å². The Balaban J connectivity index is 1.41. The molecule has 2 aliphatic rings. The average molecular weight is 426 g/mol. The number of hydrogen-bond donors (Lipinski definition) is 1. The molecule has 1 atom stereocenters. The standard InChI is InChI=1S/C23H24ClN3O3/c1-23-13-12-21(29)27(23)19-10-5-3-8-17(19)22(30)26(23)14-6-11-20(28)25-15-16-7-2-4-9-18(16)24/h2-5,7-10H,6,11-15H2,1H3,(H,25,28). The van der Waals surface area contributed by atoms with E-state index in [-0.39, 0.29) is 17.7 Å². The van der Waals surface area contributed by atoms with Crippen molar-refractivity contribution in [2.24, 2.45) is 0 Å². The quantitative estimate of drug-likeness (QED) is 0.766.